The van der Waals surface area contributed by atoms with E-state index in [-0.39, 0.29) is 11.9 Å². The molecule has 2 N–H and O–H groups in total. The van der Waals surface area contributed by atoms with Crippen LogP contribution in [-0.4, -0.2) is 53.2 Å². The standard InChI is InChI=1S/C19H26N4O3/c24-17(25)19-6-3-4-15(19)12-23(13-19)18(26)21-11-14-5-7-20-16(10-14)22-8-1-2-9-22/h5,7,10,15H,1-4,6,8-9,11-13H2,(H,21,26)(H,24,25)/t15-,19+/m0/s1. The molecule has 1 aromatic heterocycles. The first-order chi connectivity index (χ1) is 12.6. The fraction of sp³-hybridized carbons (Fsp3) is 0.632. The average Bonchev–Trinajstić information content (AvgIpc) is 3.35. The minimum Gasteiger partial charge on any atom is -0.481 e. The maximum atomic E-state index is 12.6. The summed E-state index contributed by atoms with van der Waals surface area (Å²) in [6, 6.07) is 3.78. The van der Waals surface area contributed by atoms with Crippen LogP contribution in [0.4, 0.5) is 10.6 Å². The Morgan fingerprint density at radius 1 is 1.31 bits per heavy atom. The summed E-state index contributed by atoms with van der Waals surface area (Å²) in [5.41, 5.74) is 0.291. The number of amides is 2. The molecule has 0 bridgehead atoms. The summed E-state index contributed by atoms with van der Waals surface area (Å²) in [4.78, 5) is 32.7. The summed E-state index contributed by atoms with van der Waals surface area (Å²) in [5.74, 6) is 0.308. The van der Waals surface area contributed by atoms with Crippen molar-refractivity contribution < 1.29 is 14.7 Å². The maximum absolute atomic E-state index is 12.6. The molecule has 0 spiro atoms. The van der Waals surface area contributed by atoms with Crippen molar-refractivity contribution in [2.75, 3.05) is 31.1 Å². The van der Waals surface area contributed by atoms with Crippen molar-refractivity contribution in [1.29, 1.82) is 0 Å². The fourth-order valence-electron chi connectivity index (χ4n) is 4.77. The summed E-state index contributed by atoms with van der Waals surface area (Å²) in [6.07, 6.45) is 6.71. The van der Waals surface area contributed by atoms with Gasteiger partial charge in [0.2, 0.25) is 0 Å². The van der Waals surface area contributed by atoms with Gasteiger partial charge in [0, 0.05) is 38.9 Å². The van der Waals surface area contributed by atoms with Crippen LogP contribution in [0, 0.1) is 11.3 Å². The number of rotatable bonds is 4. The first-order valence-corrected chi connectivity index (χ1v) is 9.54. The molecule has 0 aromatic carbocycles. The number of nitrogens with zero attached hydrogens (tertiary/aromatic N) is 3. The van der Waals surface area contributed by atoms with Crippen LogP contribution < -0.4 is 10.2 Å². The summed E-state index contributed by atoms with van der Waals surface area (Å²) >= 11 is 0. The number of aliphatic carboxylic acids is 1. The van der Waals surface area contributed by atoms with Gasteiger partial charge in [0.25, 0.3) is 0 Å². The molecule has 2 amide bonds. The van der Waals surface area contributed by atoms with Crippen molar-refractivity contribution in [3.05, 3.63) is 23.9 Å². The van der Waals surface area contributed by atoms with Gasteiger partial charge in [-0.15, -0.1) is 0 Å². The number of anilines is 1. The molecule has 1 aliphatic carbocycles. The molecule has 140 valence electrons. The highest BCUT2D eigenvalue weighted by Crippen LogP contribution is 2.48. The molecule has 2 saturated heterocycles. The van der Waals surface area contributed by atoms with Gasteiger partial charge in [-0.2, -0.15) is 0 Å². The number of nitrogens with one attached hydrogen (secondary N) is 1. The number of hydrogen-bond donors (Lipinski definition) is 2. The van der Waals surface area contributed by atoms with Gasteiger partial charge in [-0.3, -0.25) is 4.79 Å². The zero-order chi connectivity index (χ0) is 18.1. The molecule has 3 heterocycles. The molecule has 2 atom stereocenters. The van der Waals surface area contributed by atoms with Crippen LogP contribution in [0.15, 0.2) is 18.3 Å². The quantitative estimate of drug-likeness (QED) is 0.861. The van der Waals surface area contributed by atoms with Crippen LogP contribution in [0.1, 0.15) is 37.7 Å². The van der Waals surface area contributed by atoms with Gasteiger partial charge in [0.1, 0.15) is 5.82 Å². The first kappa shape index (κ1) is 17.1. The number of carboxylic acid groups (broad SMARTS) is 1. The van der Waals surface area contributed by atoms with Crippen LogP contribution in [0.5, 0.6) is 0 Å². The molecule has 7 heteroatoms. The zero-order valence-corrected chi connectivity index (χ0v) is 15.0. The molecule has 3 aliphatic rings. The molecule has 1 saturated carbocycles. The van der Waals surface area contributed by atoms with E-state index in [4.69, 9.17) is 0 Å². The van der Waals surface area contributed by atoms with Crippen molar-refractivity contribution >= 4 is 17.8 Å². The second kappa shape index (κ2) is 6.78. The number of urea groups is 1. The molecule has 4 rings (SSSR count). The Morgan fingerprint density at radius 2 is 2.12 bits per heavy atom. The highest BCUT2D eigenvalue weighted by Gasteiger charge is 2.55. The Bertz CT molecular complexity index is 704. The number of carboxylic acids is 1. The number of pyridine rings is 1. The number of aromatic nitrogens is 1. The molecule has 0 radical (unpaired) electrons. The third kappa shape index (κ3) is 2.99. The SMILES string of the molecule is O=C(NCc1ccnc(N2CCCC2)c1)N1C[C@@H]2CCC[C@@]2(C(=O)O)C1. The van der Waals surface area contributed by atoms with E-state index >= 15 is 0 Å². The highest BCUT2D eigenvalue weighted by molar-refractivity contribution is 5.80. The third-order valence-corrected chi connectivity index (χ3v) is 6.27. The average molecular weight is 358 g/mol. The van der Waals surface area contributed by atoms with E-state index in [1.807, 2.05) is 12.1 Å². The summed E-state index contributed by atoms with van der Waals surface area (Å²) in [5, 5.41) is 12.6. The van der Waals surface area contributed by atoms with E-state index in [1.165, 1.54) is 12.8 Å². The topological polar surface area (TPSA) is 85.8 Å². The Labute approximate surface area is 153 Å². The number of fused-ring (bicyclic) bond motifs is 1. The van der Waals surface area contributed by atoms with Crippen molar-refractivity contribution in [2.24, 2.45) is 11.3 Å². The fourth-order valence-corrected chi connectivity index (χ4v) is 4.77. The molecule has 7 nitrogen and oxygen atoms in total. The predicted octanol–water partition coefficient (Wildman–Crippen LogP) is 2.08. The van der Waals surface area contributed by atoms with E-state index in [0.717, 1.165) is 37.3 Å². The Balaban J connectivity index is 1.36. The van der Waals surface area contributed by atoms with Gasteiger partial charge in [0.05, 0.1) is 5.41 Å². The Kier molecular flexibility index (Phi) is 4.46. The van der Waals surface area contributed by atoms with Crippen LogP contribution in [0.3, 0.4) is 0 Å². The van der Waals surface area contributed by atoms with Gasteiger partial charge in [-0.1, -0.05) is 6.42 Å². The molecule has 1 aromatic rings. The number of hydrogen-bond acceptors (Lipinski definition) is 4. The van der Waals surface area contributed by atoms with Gasteiger partial charge in [-0.05, 0) is 49.3 Å². The zero-order valence-electron chi connectivity index (χ0n) is 15.0. The van der Waals surface area contributed by atoms with Crippen molar-refractivity contribution in [3.63, 3.8) is 0 Å². The number of carbonyl (C=O) groups is 2. The van der Waals surface area contributed by atoms with E-state index in [0.29, 0.717) is 26.1 Å². The lowest BCUT2D eigenvalue weighted by molar-refractivity contribution is -0.149. The van der Waals surface area contributed by atoms with Crippen molar-refractivity contribution in [1.82, 2.24) is 15.2 Å². The summed E-state index contributed by atoms with van der Waals surface area (Å²) < 4.78 is 0. The lowest BCUT2D eigenvalue weighted by Gasteiger charge is -2.23. The largest absolute Gasteiger partial charge is 0.481 e. The minimum atomic E-state index is -0.750. The van der Waals surface area contributed by atoms with Crippen LogP contribution in [-0.2, 0) is 11.3 Å². The highest BCUT2D eigenvalue weighted by atomic mass is 16.4. The second-order valence-corrected chi connectivity index (χ2v) is 7.81. The first-order valence-electron chi connectivity index (χ1n) is 9.54. The Morgan fingerprint density at radius 3 is 2.85 bits per heavy atom. The van der Waals surface area contributed by atoms with Gasteiger partial charge < -0.3 is 20.2 Å². The third-order valence-electron chi connectivity index (χ3n) is 6.27. The normalized spacial score (nSPS) is 27.6. The van der Waals surface area contributed by atoms with E-state index in [2.05, 4.69) is 15.2 Å². The van der Waals surface area contributed by atoms with Crippen LogP contribution >= 0.6 is 0 Å². The van der Waals surface area contributed by atoms with Gasteiger partial charge >= 0.3 is 12.0 Å². The molecule has 26 heavy (non-hydrogen) atoms. The van der Waals surface area contributed by atoms with Crippen LogP contribution in [0.25, 0.3) is 0 Å². The van der Waals surface area contributed by atoms with Gasteiger partial charge in [-0.25, -0.2) is 9.78 Å². The number of carbonyl (C=O) groups excluding carboxylic acids is 1. The molecular formula is C19H26N4O3. The molecule has 0 unspecified atom stereocenters. The minimum absolute atomic E-state index is 0.0912. The van der Waals surface area contributed by atoms with Gasteiger partial charge in [0.15, 0.2) is 0 Å². The van der Waals surface area contributed by atoms with E-state index in [9.17, 15) is 14.7 Å². The second-order valence-electron chi connectivity index (χ2n) is 7.81. The van der Waals surface area contributed by atoms with Crippen molar-refractivity contribution in [3.8, 4) is 0 Å². The lowest BCUT2D eigenvalue weighted by Crippen LogP contribution is -2.41. The molecular weight excluding hydrogens is 332 g/mol. The number of likely N-dealkylation sites (tertiary alicyclic amines) is 1. The van der Waals surface area contributed by atoms with Crippen LogP contribution in [0.2, 0.25) is 0 Å². The van der Waals surface area contributed by atoms with E-state index in [1.54, 1.807) is 11.1 Å². The Hall–Kier alpha value is -2.31. The summed E-state index contributed by atoms with van der Waals surface area (Å²) in [7, 11) is 0. The lowest BCUT2D eigenvalue weighted by atomic mass is 9.81. The van der Waals surface area contributed by atoms with E-state index < -0.39 is 11.4 Å². The molecule has 2 aliphatic heterocycles. The predicted molar refractivity (Wildman–Crippen MR) is 96.9 cm³/mol. The maximum Gasteiger partial charge on any atom is 0.317 e. The summed E-state index contributed by atoms with van der Waals surface area (Å²) in [6.45, 7) is 3.38. The monoisotopic (exact) mass is 358 g/mol. The molecule has 3 fully saturated rings. The smallest absolute Gasteiger partial charge is 0.317 e. The van der Waals surface area contributed by atoms with Crippen molar-refractivity contribution in [2.45, 2.75) is 38.6 Å².